The van der Waals surface area contributed by atoms with Gasteiger partial charge in [-0.15, -0.1) is 0 Å². The highest BCUT2D eigenvalue weighted by atomic mass is 32.2. The average molecular weight is 282 g/mol. The Balaban J connectivity index is 1.99. The summed E-state index contributed by atoms with van der Waals surface area (Å²) < 4.78 is 36.9. The predicted octanol–water partition coefficient (Wildman–Crippen LogP) is 0.600. The first kappa shape index (κ1) is 14.0. The number of benzene rings is 1. The number of rotatable bonds is 5. The van der Waals surface area contributed by atoms with E-state index in [4.69, 9.17) is 14.7 Å². The number of nitriles is 1. The smallest absolute Gasteiger partial charge is 0.241 e. The lowest BCUT2D eigenvalue weighted by Gasteiger charge is -2.10. The molecule has 0 radical (unpaired) electrons. The van der Waals surface area contributed by atoms with E-state index in [0.29, 0.717) is 19.6 Å². The fourth-order valence-electron chi connectivity index (χ4n) is 1.76. The molecule has 7 heteroatoms. The van der Waals surface area contributed by atoms with E-state index in [-0.39, 0.29) is 23.3 Å². The van der Waals surface area contributed by atoms with Crippen molar-refractivity contribution in [2.24, 2.45) is 0 Å². The number of nitrogens with one attached hydrogen (secondary N) is 1. The molecule has 1 heterocycles. The first-order valence-corrected chi connectivity index (χ1v) is 7.34. The van der Waals surface area contributed by atoms with Crippen LogP contribution in [0.15, 0.2) is 29.2 Å². The standard InChI is InChI=1S/C12H14N2O4S/c13-9-10-3-1-2-4-11(10)19(15,16)14-6-5-12-17-7-8-18-12/h1-4,12,14H,5-8H2. The van der Waals surface area contributed by atoms with Gasteiger partial charge in [0, 0.05) is 13.0 Å². The van der Waals surface area contributed by atoms with E-state index >= 15 is 0 Å². The van der Waals surface area contributed by atoms with E-state index in [9.17, 15) is 8.42 Å². The summed E-state index contributed by atoms with van der Waals surface area (Å²) in [6.45, 7) is 1.27. The predicted molar refractivity (Wildman–Crippen MR) is 66.7 cm³/mol. The number of hydrogen-bond donors (Lipinski definition) is 1. The highest BCUT2D eigenvalue weighted by Gasteiger charge is 2.20. The quantitative estimate of drug-likeness (QED) is 0.854. The van der Waals surface area contributed by atoms with E-state index in [1.165, 1.54) is 12.1 Å². The lowest BCUT2D eigenvalue weighted by atomic mass is 10.2. The molecule has 1 fully saturated rings. The van der Waals surface area contributed by atoms with Crippen LogP contribution < -0.4 is 4.72 Å². The van der Waals surface area contributed by atoms with Crippen molar-refractivity contribution in [3.05, 3.63) is 29.8 Å². The van der Waals surface area contributed by atoms with Gasteiger partial charge in [-0.25, -0.2) is 13.1 Å². The minimum Gasteiger partial charge on any atom is -0.350 e. The van der Waals surface area contributed by atoms with Crippen molar-refractivity contribution >= 4 is 10.0 Å². The van der Waals surface area contributed by atoms with Gasteiger partial charge in [-0.3, -0.25) is 0 Å². The molecule has 0 unspecified atom stereocenters. The first-order chi connectivity index (χ1) is 9.13. The van der Waals surface area contributed by atoms with E-state index in [1.807, 2.05) is 6.07 Å². The number of nitrogens with zero attached hydrogens (tertiary/aromatic N) is 1. The topological polar surface area (TPSA) is 88.4 Å². The molecule has 0 spiro atoms. The second-order valence-electron chi connectivity index (χ2n) is 3.97. The molecule has 0 amide bonds. The zero-order valence-electron chi connectivity index (χ0n) is 10.2. The van der Waals surface area contributed by atoms with Crippen molar-refractivity contribution in [2.75, 3.05) is 19.8 Å². The summed E-state index contributed by atoms with van der Waals surface area (Å²) >= 11 is 0. The molecule has 1 N–H and O–H groups in total. The number of ether oxygens (including phenoxy) is 2. The zero-order chi connectivity index (χ0) is 13.7. The fourth-order valence-corrected chi connectivity index (χ4v) is 2.96. The van der Waals surface area contributed by atoms with Gasteiger partial charge < -0.3 is 9.47 Å². The van der Waals surface area contributed by atoms with Gasteiger partial charge in [-0.1, -0.05) is 12.1 Å². The molecule has 2 rings (SSSR count). The molecule has 1 aliphatic rings. The van der Waals surface area contributed by atoms with Crippen LogP contribution in [0.4, 0.5) is 0 Å². The van der Waals surface area contributed by atoms with Gasteiger partial charge in [-0.2, -0.15) is 5.26 Å². The van der Waals surface area contributed by atoms with Gasteiger partial charge in [0.1, 0.15) is 6.07 Å². The van der Waals surface area contributed by atoms with Crippen LogP contribution in [-0.4, -0.2) is 34.5 Å². The Hall–Kier alpha value is -1.46. The van der Waals surface area contributed by atoms with Crippen LogP contribution in [0, 0.1) is 11.3 Å². The summed E-state index contributed by atoms with van der Waals surface area (Å²) in [5.41, 5.74) is 0.128. The van der Waals surface area contributed by atoms with Crippen LogP contribution in [0.25, 0.3) is 0 Å². The van der Waals surface area contributed by atoms with Gasteiger partial charge in [0.05, 0.1) is 23.7 Å². The van der Waals surface area contributed by atoms with Crippen molar-refractivity contribution in [3.8, 4) is 6.07 Å². The molecule has 0 atom stereocenters. The molecule has 0 bridgehead atoms. The second kappa shape index (κ2) is 6.12. The minimum atomic E-state index is -3.68. The third-order valence-electron chi connectivity index (χ3n) is 2.66. The molecule has 1 aliphatic heterocycles. The van der Waals surface area contributed by atoms with Crippen molar-refractivity contribution in [3.63, 3.8) is 0 Å². The molecule has 1 aromatic carbocycles. The highest BCUT2D eigenvalue weighted by molar-refractivity contribution is 7.89. The maximum atomic E-state index is 12.0. The normalized spacial score (nSPS) is 16.4. The van der Waals surface area contributed by atoms with Crippen LogP contribution in [-0.2, 0) is 19.5 Å². The number of hydrogen-bond acceptors (Lipinski definition) is 5. The summed E-state index contributed by atoms with van der Waals surface area (Å²) in [7, 11) is -3.68. The lowest BCUT2D eigenvalue weighted by molar-refractivity contribution is -0.0451. The summed E-state index contributed by atoms with van der Waals surface area (Å²) in [4.78, 5) is -0.00856. The maximum Gasteiger partial charge on any atom is 0.241 e. The molecule has 19 heavy (non-hydrogen) atoms. The van der Waals surface area contributed by atoms with Crippen molar-refractivity contribution < 1.29 is 17.9 Å². The molecule has 1 aromatic rings. The third kappa shape index (κ3) is 3.52. The van der Waals surface area contributed by atoms with E-state index in [1.54, 1.807) is 12.1 Å². The monoisotopic (exact) mass is 282 g/mol. The Bertz CT molecular complexity index is 574. The summed E-state index contributed by atoms with van der Waals surface area (Å²) in [5, 5.41) is 8.90. The maximum absolute atomic E-state index is 12.0. The molecule has 0 aromatic heterocycles. The largest absolute Gasteiger partial charge is 0.350 e. The molecule has 1 saturated heterocycles. The van der Waals surface area contributed by atoms with Crippen LogP contribution in [0.2, 0.25) is 0 Å². The van der Waals surface area contributed by atoms with Gasteiger partial charge in [0.15, 0.2) is 6.29 Å². The Morgan fingerprint density at radius 2 is 2.00 bits per heavy atom. The Morgan fingerprint density at radius 3 is 2.68 bits per heavy atom. The van der Waals surface area contributed by atoms with E-state index in [0.717, 1.165) is 0 Å². The SMILES string of the molecule is N#Cc1ccccc1S(=O)(=O)NCCC1OCCO1. The molecule has 0 aliphatic carbocycles. The van der Waals surface area contributed by atoms with E-state index < -0.39 is 10.0 Å². The summed E-state index contributed by atoms with van der Waals surface area (Å²) in [6.07, 6.45) is 0.0856. The van der Waals surface area contributed by atoms with Crippen molar-refractivity contribution in [1.29, 1.82) is 5.26 Å². The number of sulfonamides is 1. The Labute approximate surface area is 112 Å². The van der Waals surface area contributed by atoms with Gasteiger partial charge in [0.25, 0.3) is 0 Å². The third-order valence-corrected chi connectivity index (χ3v) is 4.18. The molecular formula is C12H14N2O4S. The van der Waals surface area contributed by atoms with Crippen molar-refractivity contribution in [2.45, 2.75) is 17.6 Å². The summed E-state index contributed by atoms with van der Waals surface area (Å²) in [5.74, 6) is 0. The first-order valence-electron chi connectivity index (χ1n) is 5.85. The van der Waals surface area contributed by atoms with Gasteiger partial charge >= 0.3 is 0 Å². The van der Waals surface area contributed by atoms with Gasteiger partial charge in [-0.05, 0) is 12.1 Å². The fraction of sp³-hybridized carbons (Fsp3) is 0.417. The van der Waals surface area contributed by atoms with Crippen LogP contribution in [0.1, 0.15) is 12.0 Å². The molecular weight excluding hydrogens is 268 g/mol. The minimum absolute atomic E-state index is 0.00856. The van der Waals surface area contributed by atoms with Crippen LogP contribution >= 0.6 is 0 Å². The molecule has 6 nitrogen and oxygen atoms in total. The Morgan fingerprint density at radius 1 is 1.32 bits per heavy atom. The molecule has 0 saturated carbocycles. The van der Waals surface area contributed by atoms with E-state index in [2.05, 4.69) is 4.72 Å². The van der Waals surface area contributed by atoms with Gasteiger partial charge in [0.2, 0.25) is 10.0 Å². The zero-order valence-corrected chi connectivity index (χ0v) is 11.0. The average Bonchev–Trinajstić information content (AvgIpc) is 2.91. The highest BCUT2D eigenvalue weighted by Crippen LogP contribution is 2.14. The lowest BCUT2D eigenvalue weighted by Crippen LogP contribution is -2.28. The van der Waals surface area contributed by atoms with Crippen LogP contribution in [0.3, 0.4) is 0 Å². The second-order valence-corrected chi connectivity index (χ2v) is 5.70. The van der Waals surface area contributed by atoms with Crippen LogP contribution in [0.5, 0.6) is 0 Å². The summed E-state index contributed by atoms with van der Waals surface area (Å²) in [6, 6.07) is 7.95. The Kier molecular flexibility index (Phi) is 4.50. The molecule has 102 valence electrons. The van der Waals surface area contributed by atoms with Crippen molar-refractivity contribution in [1.82, 2.24) is 4.72 Å².